The quantitative estimate of drug-likeness (QED) is 0.802. The second-order valence-electron chi connectivity index (χ2n) is 4.39. The minimum atomic E-state index is -0.0937. The number of carbonyl (C=O) groups excluding carboxylic acids is 1. The molecule has 3 aromatic rings. The van der Waals surface area contributed by atoms with Crippen LogP contribution >= 0.6 is 15.9 Å². The highest BCUT2D eigenvalue weighted by atomic mass is 79.9. The van der Waals surface area contributed by atoms with Gasteiger partial charge in [0.05, 0.1) is 12.2 Å². The third kappa shape index (κ3) is 2.72. The minimum absolute atomic E-state index is 0.0937. The third-order valence-electron chi connectivity index (χ3n) is 2.93. The topological polar surface area (TPSA) is 46.4 Å². The van der Waals surface area contributed by atoms with Gasteiger partial charge in [0.2, 0.25) is 0 Å². The van der Waals surface area contributed by atoms with E-state index in [0.29, 0.717) is 12.1 Å². The highest BCUT2D eigenvalue weighted by Gasteiger charge is 2.06. The Labute approximate surface area is 124 Å². The van der Waals surface area contributed by atoms with E-state index in [1.807, 2.05) is 47.1 Å². The molecule has 2 heterocycles. The Kier molecular flexibility index (Phi) is 3.52. The summed E-state index contributed by atoms with van der Waals surface area (Å²) < 4.78 is 2.91. The average Bonchev–Trinajstić information content (AvgIpc) is 2.87. The zero-order valence-corrected chi connectivity index (χ0v) is 12.2. The van der Waals surface area contributed by atoms with Crippen LogP contribution in [0.1, 0.15) is 16.1 Å². The van der Waals surface area contributed by atoms with Crippen LogP contribution in [0.25, 0.3) is 5.65 Å². The van der Waals surface area contributed by atoms with Crippen LogP contribution in [0.15, 0.2) is 59.3 Å². The van der Waals surface area contributed by atoms with Gasteiger partial charge in [-0.3, -0.25) is 4.79 Å². The molecule has 0 aliphatic rings. The molecule has 1 N–H and O–H groups in total. The lowest BCUT2D eigenvalue weighted by molar-refractivity contribution is 0.0950. The molecule has 5 heteroatoms. The maximum atomic E-state index is 11.9. The number of carbonyl (C=O) groups is 1. The number of amides is 1. The highest BCUT2D eigenvalue weighted by molar-refractivity contribution is 9.10. The average molecular weight is 330 g/mol. The smallest absolute Gasteiger partial charge is 0.251 e. The van der Waals surface area contributed by atoms with Crippen LogP contribution < -0.4 is 5.32 Å². The third-order valence-corrected chi connectivity index (χ3v) is 3.40. The van der Waals surface area contributed by atoms with Crippen molar-refractivity contribution in [3.8, 4) is 0 Å². The largest absolute Gasteiger partial charge is 0.346 e. The van der Waals surface area contributed by atoms with Crippen LogP contribution in [0.4, 0.5) is 0 Å². The molecule has 0 aliphatic carbocycles. The van der Waals surface area contributed by atoms with Crippen molar-refractivity contribution in [2.45, 2.75) is 6.54 Å². The summed E-state index contributed by atoms with van der Waals surface area (Å²) >= 11 is 3.42. The number of nitrogens with one attached hydrogen (secondary N) is 1. The van der Waals surface area contributed by atoms with Gasteiger partial charge in [-0.05, 0) is 40.2 Å². The van der Waals surface area contributed by atoms with Crippen molar-refractivity contribution in [2.24, 2.45) is 0 Å². The van der Waals surface area contributed by atoms with Gasteiger partial charge in [0.25, 0.3) is 5.91 Å². The molecule has 1 amide bonds. The van der Waals surface area contributed by atoms with Crippen molar-refractivity contribution in [2.75, 3.05) is 0 Å². The van der Waals surface area contributed by atoms with Crippen LogP contribution in [0, 0.1) is 0 Å². The van der Waals surface area contributed by atoms with E-state index in [9.17, 15) is 4.79 Å². The normalized spacial score (nSPS) is 10.7. The molecular formula is C15H12BrN3O. The maximum Gasteiger partial charge on any atom is 0.251 e. The number of pyridine rings is 1. The maximum absolute atomic E-state index is 11.9. The first-order valence-corrected chi connectivity index (χ1v) is 6.98. The lowest BCUT2D eigenvalue weighted by Gasteiger charge is -2.02. The predicted octanol–water partition coefficient (Wildman–Crippen LogP) is 3.03. The summed E-state index contributed by atoms with van der Waals surface area (Å²) in [6.45, 7) is 0.410. The van der Waals surface area contributed by atoms with E-state index in [0.717, 1.165) is 15.8 Å². The SMILES string of the molecule is O=C(NCc1cn2cc(Br)ccc2n1)c1ccccc1. The molecule has 3 rings (SSSR count). The molecule has 0 aliphatic heterocycles. The Morgan fingerprint density at radius 1 is 1.15 bits per heavy atom. The van der Waals surface area contributed by atoms with Crippen molar-refractivity contribution in [1.82, 2.24) is 14.7 Å². The van der Waals surface area contributed by atoms with Crippen molar-refractivity contribution in [3.05, 3.63) is 70.6 Å². The molecule has 100 valence electrons. The highest BCUT2D eigenvalue weighted by Crippen LogP contribution is 2.12. The Morgan fingerprint density at radius 3 is 2.75 bits per heavy atom. The summed E-state index contributed by atoms with van der Waals surface area (Å²) in [7, 11) is 0. The molecule has 0 fully saturated rings. The van der Waals surface area contributed by atoms with Gasteiger partial charge in [-0.15, -0.1) is 0 Å². The fourth-order valence-corrected chi connectivity index (χ4v) is 2.32. The first-order chi connectivity index (χ1) is 9.72. The van der Waals surface area contributed by atoms with Gasteiger partial charge in [-0.1, -0.05) is 18.2 Å². The lowest BCUT2D eigenvalue weighted by Crippen LogP contribution is -2.22. The first kappa shape index (κ1) is 12.9. The second-order valence-corrected chi connectivity index (χ2v) is 5.31. The van der Waals surface area contributed by atoms with Gasteiger partial charge in [0, 0.05) is 22.4 Å². The number of aromatic nitrogens is 2. The zero-order chi connectivity index (χ0) is 13.9. The van der Waals surface area contributed by atoms with Crippen LogP contribution in [0.5, 0.6) is 0 Å². The van der Waals surface area contributed by atoms with Crippen LogP contribution in [0.3, 0.4) is 0 Å². The molecular weight excluding hydrogens is 318 g/mol. The summed E-state index contributed by atoms with van der Waals surface area (Å²) in [6, 6.07) is 13.0. The van der Waals surface area contributed by atoms with Crippen LogP contribution in [0.2, 0.25) is 0 Å². The monoisotopic (exact) mass is 329 g/mol. The number of hydrogen-bond acceptors (Lipinski definition) is 2. The summed E-state index contributed by atoms with van der Waals surface area (Å²) in [5.41, 5.74) is 2.34. The molecule has 2 aromatic heterocycles. The van der Waals surface area contributed by atoms with Gasteiger partial charge in [0.15, 0.2) is 0 Å². The van der Waals surface area contributed by atoms with E-state index < -0.39 is 0 Å². The second kappa shape index (κ2) is 5.46. The number of rotatable bonds is 3. The fourth-order valence-electron chi connectivity index (χ4n) is 1.96. The molecule has 0 unspecified atom stereocenters. The molecule has 0 saturated heterocycles. The Hall–Kier alpha value is -2.14. The summed E-state index contributed by atoms with van der Waals surface area (Å²) in [5.74, 6) is -0.0937. The summed E-state index contributed by atoms with van der Waals surface area (Å²) in [5, 5.41) is 2.86. The predicted molar refractivity (Wildman–Crippen MR) is 80.5 cm³/mol. The number of imidazole rings is 1. The number of hydrogen-bond donors (Lipinski definition) is 1. The number of halogens is 1. The van der Waals surface area contributed by atoms with Crippen LogP contribution in [-0.2, 0) is 6.54 Å². The molecule has 0 radical (unpaired) electrons. The molecule has 0 spiro atoms. The van der Waals surface area contributed by atoms with E-state index in [1.165, 1.54) is 0 Å². The number of benzene rings is 1. The van der Waals surface area contributed by atoms with Gasteiger partial charge >= 0.3 is 0 Å². The number of nitrogens with zero attached hydrogens (tertiary/aromatic N) is 2. The van der Waals surface area contributed by atoms with Crippen molar-refractivity contribution in [3.63, 3.8) is 0 Å². The molecule has 4 nitrogen and oxygen atoms in total. The van der Waals surface area contributed by atoms with Crippen molar-refractivity contribution < 1.29 is 4.79 Å². The van der Waals surface area contributed by atoms with Crippen molar-refractivity contribution >= 4 is 27.5 Å². The molecule has 20 heavy (non-hydrogen) atoms. The lowest BCUT2D eigenvalue weighted by atomic mass is 10.2. The van der Waals surface area contributed by atoms with Gasteiger partial charge in [-0.25, -0.2) is 4.98 Å². The van der Waals surface area contributed by atoms with Gasteiger partial charge < -0.3 is 9.72 Å². The minimum Gasteiger partial charge on any atom is -0.346 e. The summed E-state index contributed by atoms with van der Waals surface area (Å²) in [6.07, 6.45) is 3.84. The Bertz CT molecular complexity index is 752. The molecule has 0 saturated carbocycles. The Balaban J connectivity index is 1.72. The fraction of sp³-hybridized carbons (Fsp3) is 0.0667. The number of fused-ring (bicyclic) bond motifs is 1. The van der Waals surface area contributed by atoms with E-state index >= 15 is 0 Å². The van der Waals surface area contributed by atoms with E-state index in [2.05, 4.69) is 26.2 Å². The van der Waals surface area contributed by atoms with Gasteiger partial charge in [-0.2, -0.15) is 0 Å². The zero-order valence-electron chi connectivity index (χ0n) is 10.6. The Morgan fingerprint density at radius 2 is 1.95 bits per heavy atom. The molecule has 0 bridgehead atoms. The van der Waals surface area contributed by atoms with Crippen LogP contribution in [-0.4, -0.2) is 15.3 Å². The van der Waals surface area contributed by atoms with E-state index in [-0.39, 0.29) is 5.91 Å². The summed E-state index contributed by atoms with van der Waals surface area (Å²) in [4.78, 5) is 16.4. The standard InChI is InChI=1S/C15H12BrN3O/c16-12-6-7-14-18-13(10-19(14)9-12)8-17-15(20)11-4-2-1-3-5-11/h1-7,9-10H,8H2,(H,17,20). The van der Waals surface area contributed by atoms with Gasteiger partial charge in [0.1, 0.15) is 5.65 Å². The van der Waals surface area contributed by atoms with E-state index in [4.69, 9.17) is 0 Å². The molecule has 0 atom stereocenters. The molecule has 1 aromatic carbocycles. The first-order valence-electron chi connectivity index (χ1n) is 6.19. The van der Waals surface area contributed by atoms with E-state index in [1.54, 1.807) is 12.1 Å². The van der Waals surface area contributed by atoms with Crippen molar-refractivity contribution in [1.29, 1.82) is 0 Å².